The Morgan fingerprint density at radius 2 is 1.58 bits per heavy atom. The third kappa shape index (κ3) is 5.05. The number of carbonyl (C=O) groups excluding carboxylic acids is 1. The van der Waals surface area contributed by atoms with Gasteiger partial charge in [0.05, 0.1) is 6.21 Å². The average Bonchev–Trinajstić information content (AvgIpc) is 2.69. The van der Waals surface area contributed by atoms with Crippen molar-refractivity contribution in [2.24, 2.45) is 5.10 Å². The normalized spacial score (nSPS) is 10.7. The fourth-order valence-corrected chi connectivity index (χ4v) is 2.39. The molecule has 0 saturated heterocycles. The second-order valence-electron chi connectivity index (χ2n) is 5.88. The number of rotatable bonds is 6. The van der Waals surface area contributed by atoms with Crippen molar-refractivity contribution in [3.63, 3.8) is 0 Å². The Bertz CT molecular complexity index is 870. The van der Waals surface area contributed by atoms with Crippen molar-refractivity contribution < 1.29 is 9.53 Å². The van der Waals surface area contributed by atoms with Gasteiger partial charge in [-0.3, -0.25) is 4.79 Å². The molecule has 0 saturated carbocycles. The van der Waals surface area contributed by atoms with E-state index >= 15 is 0 Å². The third-order valence-electron chi connectivity index (χ3n) is 3.81. The Kier molecular flexibility index (Phi) is 5.78. The van der Waals surface area contributed by atoms with Crippen molar-refractivity contribution in [3.8, 4) is 16.9 Å². The van der Waals surface area contributed by atoms with E-state index in [1.54, 1.807) is 6.21 Å². The second kappa shape index (κ2) is 8.62. The minimum absolute atomic E-state index is 0.0874. The Balaban J connectivity index is 1.47. The van der Waals surface area contributed by atoms with Gasteiger partial charge in [-0.2, -0.15) is 5.10 Å². The van der Waals surface area contributed by atoms with Crippen molar-refractivity contribution in [2.45, 2.75) is 6.92 Å². The summed E-state index contributed by atoms with van der Waals surface area (Å²) in [5.74, 6) is 0.336. The van der Waals surface area contributed by atoms with Crippen molar-refractivity contribution in [1.29, 1.82) is 0 Å². The van der Waals surface area contributed by atoms with Gasteiger partial charge in [-0.1, -0.05) is 72.3 Å². The molecule has 4 nitrogen and oxygen atoms in total. The van der Waals surface area contributed by atoms with Gasteiger partial charge in [0.25, 0.3) is 5.91 Å². The Labute approximate surface area is 153 Å². The van der Waals surface area contributed by atoms with Crippen LogP contribution in [0.25, 0.3) is 11.1 Å². The first-order chi connectivity index (χ1) is 12.7. The summed E-state index contributed by atoms with van der Waals surface area (Å²) in [7, 11) is 0. The zero-order valence-corrected chi connectivity index (χ0v) is 14.6. The molecule has 0 aliphatic carbocycles. The van der Waals surface area contributed by atoms with Crippen LogP contribution in [-0.2, 0) is 4.79 Å². The predicted molar refractivity (Wildman–Crippen MR) is 104 cm³/mol. The summed E-state index contributed by atoms with van der Waals surface area (Å²) >= 11 is 0. The van der Waals surface area contributed by atoms with Crippen molar-refractivity contribution in [3.05, 3.63) is 90.0 Å². The largest absolute Gasteiger partial charge is 0.484 e. The van der Waals surface area contributed by atoms with Crippen molar-refractivity contribution in [2.75, 3.05) is 6.61 Å². The highest BCUT2D eigenvalue weighted by molar-refractivity contribution is 5.82. The molecule has 4 heteroatoms. The van der Waals surface area contributed by atoms with Crippen LogP contribution >= 0.6 is 0 Å². The molecule has 130 valence electrons. The molecule has 3 aromatic rings. The summed E-state index contributed by atoms with van der Waals surface area (Å²) in [6.45, 7) is 1.93. The van der Waals surface area contributed by atoms with Crippen LogP contribution in [0.15, 0.2) is 84.0 Å². The molecule has 0 bridgehead atoms. The fraction of sp³-hybridized carbons (Fsp3) is 0.0909. The number of amides is 1. The molecule has 3 aromatic carbocycles. The number of ether oxygens (including phenoxy) is 1. The van der Waals surface area contributed by atoms with Crippen molar-refractivity contribution >= 4 is 12.1 Å². The van der Waals surface area contributed by atoms with Gasteiger partial charge in [-0.05, 0) is 35.7 Å². The highest BCUT2D eigenvalue weighted by atomic mass is 16.5. The molecule has 0 aliphatic rings. The van der Waals surface area contributed by atoms with Crippen LogP contribution in [-0.4, -0.2) is 18.7 Å². The average molecular weight is 344 g/mol. The monoisotopic (exact) mass is 344 g/mol. The van der Waals surface area contributed by atoms with E-state index < -0.39 is 0 Å². The summed E-state index contributed by atoms with van der Waals surface area (Å²) in [6, 6.07) is 25.6. The number of hydrogen-bond donors (Lipinski definition) is 1. The van der Waals surface area contributed by atoms with Gasteiger partial charge in [0.15, 0.2) is 6.61 Å². The number of hydrazone groups is 1. The Morgan fingerprint density at radius 3 is 2.27 bits per heavy atom. The predicted octanol–water partition coefficient (Wildman–Crippen LogP) is 4.19. The highest BCUT2D eigenvalue weighted by Crippen LogP contribution is 2.21. The molecule has 0 fully saturated rings. The summed E-state index contributed by atoms with van der Waals surface area (Å²) in [6.07, 6.45) is 1.60. The van der Waals surface area contributed by atoms with E-state index in [-0.39, 0.29) is 12.5 Å². The number of aryl methyl sites for hydroxylation is 1. The van der Waals surface area contributed by atoms with Crippen LogP contribution in [0.3, 0.4) is 0 Å². The lowest BCUT2D eigenvalue weighted by Crippen LogP contribution is -2.24. The first-order valence-electron chi connectivity index (χ1n) is 8.37. The molecule has 0 radical (unpaired) electrons. The zero-order chi connectivity index (χ0) is 18.2. The van der Waals surface area contributed by atoms with Crippen molar-refractivity contribution in [1.82, 2.24) is 5.43 Å². The fourth-order valence-electron chi connectivity index (χ4n) is 2.39. The molecular weight excluding hydrogens is 324 g/mol. The van der Waals surface area contributed by atoms with Crippen LogP contribution in [0.1, 0.15) is 11.1 Å². The molecule has 0 aromatic heterocycles. The molecule has 3 rings (SSSR count). The van der Waals surface area contributed by atoms with Gasteiger partial charge in [0, 0.05) is 0 Å². The standard InChI is InChI=1S/C22H20N2O2/c1-17-7-9-18(10-8-17)15-23-24-22(25)16-26-21-13-11-20(12-14-21)19-5-3-2-4-6-19/h2-15H,16H2,1H3,(H,24,25). The maximum Gasteiger partial charge on any atom is 0.277 e. The molecule has 1 amide bonds. The quantitative estimate of drug-likeness (QED) is 0.538. The van der Waals surface area contributed by atoms with E-state index in [0.717, 1.165) is 16.7 Å². The maximum atomic E-state index is 11.8. The highest BCUT2D eigenvalue weighted by Gasteiger charge is 2.02. The smallest absolute Gasteiger partial charge is 0.277 e. The Morgan fingerprint density at radius 1 is 0.923 bits per heavy atom. The number of benzene rings is 3. The molecule has 26 heavy (non-hydrogen) atoms. The summed E-state index contributed by atoms with van der Waals surface area (Å²) in [5.41, 5.74) is 6.80. The lowest BCUT2D eigenvalue weighted by atomic mass is 10.1. The minimum Gasteiger partial charge on any atom is -0.484 e. The van der Waals surface area contributed by atoms with Crippen LogP contribution < -0.4 is 10.2 Å². The second-order valence-corrected chi connectivity index (χ2v) is 5.88. The molecule has 0 spiro atoms. The molecule has 0 heterocycles. The van der Waals surface area contributed by atoms with Gasteiger partial charge in [-0.15, -0.1) is 0 Å². The SMILES string of the molecule is Cc1ccc(C=NNC(=O)COc2ccc(-c3ccccc3)cc2)cc1. The Hall–Kier alpha value is -3.40. The summed E-state index contributed by atoms with van der Waals surface area (Å²) < 4.78 is 5.49. The zero-order valence-electron chi connectivity index (χ0n) is 14.6. The molecule has 1 N–H and O–H groups in total. The molecule has 0 aliphatic heterocycles. The van der Waals surface area contributed by atoms with Gasteiger partial charge in [0.1, 0.15) is 5.75 Å². The number of carbonyl (C=O) groups is 1. The van der Waals surface area contributed by atoms with E-state index in [1.807, 2.05) is 73.7 Å². The first kappa shape index (κ1) is 17.4. The van der Waals surface area contributed by atoms with E-state index in [2.05, 4.69) is 22.7 Å². The van der Waals surface area contributed by atoms with Crippen LogP contribution in [0, 0.1) is 6.92 Å². The van der Waals surface area contributed by atoms with E-state index in [0.29, 0.717) is 5.75 Å². The molecule has 0 atom stereocenters. The number of hydrogen-bond acceptors (Lipinski definition) is 3. The lowest BCUT2D eigenvalue weighted by Gasteiger charge is -2.06. The topological polar surface area (TPSA) is 50.7 Å². The lowest BCUT2D eigenvalue weighted by molar-refractivity contribution is -0.123. The number of nitrogens with one attached hydrogen (secondary N) is 1. The summed E-state index contributed by atoms with van der Waals surface area (Å²) in [5, 5.41) is 3.93. The van der Waals surface area contributed by atoms with Gasteiger partial charge >= 0.3 is 0 Å². The minimum atomic E-state index is -0.305. The maximum absolute atomic E-state index is 11.8. The van der Waals surface area contributed by atoms with E-state index in [4.69, 9.17) is 4.74 Å². The molecule has 0 unspecified atom stereocenters. The van der Waals surface area contributed by atoms with Crippen LogP contribution in [0.5, 0.6) is 5.75 Å². The third-order valence-corrected chi connectivity index (χ3v) is 3.81. The van der Waals surface area contributed by atoms with Gasteiger partial charge in [0.2, 0.25) is 0 Å². The number of nitrogens with zero attached hydrogens (tertiary/aromatic N) is 1. The summed E-state index contributed by atoms with van der Waals surface area (Å²) in [4.78, 5) is 11.8. The van der Waals surface area contributed by atoms with Crippen LogP contribution in [0.4, 0.5) is 0 Å². The first-order valence-corrected chi connectivity index (χ1v) is 8.37. The van der Waals surface area contributed by atoms with E-state index in [9.17, 15) is 4.79 Å². The van der Waals surface area contributed by atoms with Gasteiger partial charge < -0.3 is 4.74 Å². The van der Waals surface area contributed by atoms with Crippen LogP contribution in [0.2, 0.25) is 0 Å². The van der Waals surface area contributed by atoms with E-state index in [1.165, 1.54) is 5.56 Å². The van der Waals surface area contributed by atoms with Gasteiger partial charge in [-0.25, -0.2) is 5.43 Å². The molecular formula is C22H20N2O2.